The van der Waals surface area contributed by atoms with Crippen LogP contribution in [0.25, 0.3) is 5.13 Å². The van der Waals surface area contributed by atoms with E-state index in [2.05, 4.69) is 25.7 Å². The second-order valence-electron chi connectivity index (χ2n) is 5.78. The monoisotopic (exact) mass is 475 g/mol. The van der Waals surface area contributed by atoms with Crippen molar-refractivity contribution in [2.24, 2.45) is 0 Å². The van der Waals surface area contributed by atoms with Crippen LogP contribution in [0.4, 0.5) is 23.7 Å². The lowest BCUT2D eigenvalue weighted by atomic mass is 10.2. The van der Waals surface area contributed by atoms with Crippen molar-refractivity contribution >= 4 is 46.3 Å². The second kappa shape index (κ2) is 8.47. The molecule has 0 spiro atoms. The van der Waals surface area contributed by atoms with E-state index in [0.717, 1.165) is 17.4 Å². The van der Waals surface area contributed by atoms with Gasteiger partial charge in [0.05, 0.1) is 33.5 Å². The Morgan fingerprint density at radius 1 is 1.30 bits per heavy atom. The molecule has 2 amide bonds. The Bertz CT molecular complexity index is 1140. The maximum absolute atomic E-state index is 13.0. The van der Waals surface area contributed by atoms with Gasteiger partial charge in [-0.15, -0.1) is 0 Å². The molecule has 2 N–H and O–H groups in total. The molecule has 14 heteroatoms. The van der Waals surface area contributed by atoms with E-state index in [1.807, 2.05) is 6.07 Å². The minimum Gasteiger partial charge on any atom is -0.328 e. The number of benzene rings is 1. The van der Waals surface area contributed by atoms with Crippen molar-refractivity contribution in [3.63, 3.8) is 0 Å². The standard InChI is InChI=1S/C16H10Cl2F3N7OS/c1-7(13-24-6-25-28(13)15-23-5-8(4-22)30-15)26-14(29)27-12-2-9(16(19,20)21)10(17)3-11(12)18/h2-3,5-7H,1H3,(H2,26,27,29)/t7-/m0/s1. The first-order valence-corrected chi connectivity index (χ1v) is 9.57. The minimum atomic E-state index is -4.71. The SMILES string of the molecule is C[C@H](NC(=O)Nc1cc(C(F)(F)F)c(Cl)cc1Cl)c1ncnn1-c1ncc(C#N)s1. The molecule has 156 valence electrons. The van der Waals surface area contributed by atoms with Crippen molar-refractivity contribution in [3.8, 4) is 11.2 Å². The third-order valence-corrected chi connectivity index (χ3v) is 5.21. The quantitative estimate of drug-likeness (QED) is 0.562. The first-order chi connectivity index (χ1) is 14.1. The number of rotatable bonds is 4. The van der Waals surface area contributed by atoms with Gasteiger partial charge in [0, 0.05) is 0 Å². The number of alkyl halides is 3. The highest BCUT2D eigenvalue weighted by Crippen LogP contribution is 2.39. The van der Waals surface area contributed by atoms with Crippen LogP contribution >= 0.6 is 34.5 Å². The van der Waals surface area contributed by atoms with Gasteiger partial charge >= 0.3 is 12.2 Å². The summed E-state index contributed by atoms with van der Waals surface area (Å²) in [4.78, 5) is 20.8. The Morgan fingerprint density at radius 3 is 2.67 bits per heavy atom. The van der Waals surface area contributed by atoms with Crippen LogP contribution in [0, 0.1) is 11.3 Å². The summed E-state index contributed by atoms with van der Waals surface area (Å²) in [5, 5.41) is 17.3. The highest BCUT2D eigenvalue weighted by molar-refractivity contribution is 7.14. The summed E-state index contributed by atoms with van der Waals surface area (Å²) < 4.78 is 40.4. The number of carbonyl (C=O) groups excluding carboxylic acids is 1. The summed E-state index contributed by atoms with van der Waals surface area (Å²) in [6, 6.07) is 1.96. The molecule has 0 saturated heterocycles. The van der Waals surface area contributed by atoms with E-state index in [-0.39, 0.29) is 10.7 Å². The molecular formula is C16H10Cl2F3N7OS. The van der Waals surface area contributed by atoms with Crippen LogP contribution in [0.15, 0.2) is 24.7 Å². The van der Waals surface area contributed by atoms with E-state index in [4.69, 9.17) is 28.5 Å². The zero-order chi connectivity index (χ0) is 22.1. The molecule has 0 aliphatic carbocycles. The van der Waals surface area contributed by atoms with Crippen LogP contribution in [-0.4, -0.2) is 25.8 Å². The second-order valence-corrected chi connectivity index (χ2v) is 7.60. The number of halogens is 5. The highest BCUT2D eigenvalue weighted by Gasteiger charge is 2.34. The fourth-order valence-corrected chi connectivity index (χ4v) is 3.61. The third-order valence-electron chi connectivity index (χ3n) is 3.70. The maximum Gasteiger partial charge on any atom is 0.417 e. The number of hydrogen-bond donors (Lipinski definition) is 2. The Hall–Kier alpha value is -2.88. The van der Waals surface area contributed by atoms with Gasteiger partial charge in [0.1, 0.15) is 17.3 Å². The number of nitriles is 1. The van der Waals surface area contributed by atoms with Gasteiger partial charge in [-0.2, -0.15) is 28.2 Å². The molecule has 2 heterocycles. The van der Waals surface area contributed by atoms with Gasteiger partial charge in [-0.1, -0.05) is 34.5 Å². The fourth-order valence-electron chi connectivity index (χ4n) is 2.39. The van der Waals surface area contributed by atoms with Crippen molar-refractivity contribution in [1.82, 2.24) is 25.1 Å². The number of anilines is 1. The molecule has 0 radical (unpaired) electrons. The normalized spacial score (nSPS) is 12.3. The summed E-state index contributed by atoms with van der Waals surface area (Å²) in [5.41, 5.74) is -1.40. The molecule has 0 aliphatic heterocycles. The lowest BCUT2D eigenvalue weighted by Gasteiger charge is -2.16. The van der Waals surface area contributed by atoms with Gasteiger partial charge in [0.15, 0.2) is 5.82 Å². The lowest BCUT2D eigenvalue weighted by molar-refractivity contribution is -0.137. The Labute approximate surface area is 181 Å². The van der Waals surface area contributed by atoms with Crippen molar-refractivity contribution in [1.29, 1.82) is 5.26 Å². The van der Waals surface area contributed by atoms with Gasteiger partial charge in [-0.3, -0.25) is 0 Å². The van der Waals surface area contributed by atoms with Crippen molar-refractivity contribution in [2.75, 3.05) is 5.32 Å². The number of hydrogen-bond acceptors (Lipinski definition) is 6. The molecule has 8 nitrogen and oxygen atoms in total. The van der Waals surface area contributed by atoms with Crippen molar-refractivity contribution < 1.29 is 18.0 Å². The van der Waals surface area contributed by atoms with Gasteiger partial charge in [0.25, 0.3) is 0 Å². The number of amides is 2. The summed E-state index contributed by atoms with van der Waals surface area (Å²) in [6.45, 7) is 1.59. The molecule has 3 aromatic rings. The van der Waals surface area contributed by atoms with Crippen molar-refractivity contribution in [3.05, 3.63) is 51.0 Å². The molecule has 0 unspecified atom stereocenters. The average Bonchev–Trinajstić information content (AvgIpc) is 3.31. The first kappa shape index (κ1) is 21.8. The zero-order valence-electron chi connectivity index (χ0n) is 14.8. The Morgan fingerprint density at radius 2 is 2.03 bits per heavy atom. The average molecular weight is 476 g/mol. The van der Waals surface area contributed by atoms with Gasteiger partial charge < -0.3 is 10.6 Å². The maximum atomic E-state index is 13.0. The number of aromatic nitrogens is 4. The number of urea groups is 1. The molecule has 1 aromatic carbocycles. The number of carbonyl (C=O) groups is 1. The van der Waals surface area contributed by atoms with Crippen LogP contribution in [-0.2, 0) is 6.18 Å². The molecule has 0 bridgehead atoms. The molecule has 0 fully saturated rings. The predicted molar refractivity (Wildman–Crippen MR) is 104 cm³/mol. The van der Waals surface area contributed by atoms with Crippen LogP contribution in [0.1, 0.15) is 29.2 Å². The molecular weight excluding hydrogens is 466 g/mol. The van der Waals surface area contributed by atoms with E-state index in [9.17, 15) is 18.0 Å². The van der Waals surface area contributed by atoms with E-state index in [1.54, 1.807) is 6.92 Å². The third kappa shape index (κ3) is 4.64. The Balaban J connectivity index is 1.77. The van der Waals surface area contributed by atoms with E-state index in [0.29, 0.717) is 21.9 Å². The predicted octanol–water partition coefficient (Wildman–Crippen LogP) is 4.80. The topological polar surface area (TPSA) is 109 Å². The molecule has 2 aromatic heterocycles. The largest absolute Gasteiger partial charge is 0.417 e. The molecule has 3 rings (SSSR count). The number of thiazole rings is 1. The Kier molecular flexibility index (Phi) is 6.16. The molecule has 1 atom stereocenters. The minimum absolute atomic E-state index is 0.161. The molecule has 0 aliphatic rings. The van der Waals surface area contributed by atoms with E-state index in [1.165, 1.54) is 17.2 Å². The lowest BCUT2D eigenvalue weighted by Crippen LogP contribution is -2.32. The zero-order valence-corrected chi connectivity index (χ0v) is 17.2. The smallest absolute Gasteiger partial charge is 0.328 e. The molecule has 30 heavy (non-hydrogen) atoms. The first-order valence-electron chi connectivity index (χ1n) is 8.00. The van der Waals surface area contributed by atoms with Crippen LogP contribution in [0.2, 0.25) is 10.0 Å². The summed E-state index contributed by atoms with van der Waals surface area (Å²) in [6.07, 6.45) is -2.10. The van der Waals surface area contributed by atoms with Crippen LogP contribution < -0.4 is 10.6 Å². The number of nitrogens with zero attached hydrogens (tertiary/aromatic N) is 5. The number of nitrogens with one attached hydrogen (secondary N) is 2. The van der Waals surface area contributed by atoms with E-state index < -0.39 is 28.8 Å². The van der Waals surface area contributed by atoms with Crippen molar-refractivity contribution in [2.45, 2.75) is 19.1 Å². The summed E-state index contributed by atoms with van der Waals surface area (Å²) >= 11 is 12.6. The summed E-state index contributed by atoms with van der Waals surface area (Å²) in [7, 11) is 0. The molecule has 0 saturated carbocycles. The van der Waals surface area contributed by atoms with E-state index >= 15 is 0 Å². The van der Waals surface area contributed by atoms with Gasteiger partial charge in [-0.25, -0.2) is 14.8 Å². The van der Waals surface area contributed by atoms with Crippen LogP contribution in [0.5, 0.6) is 0 Å². The van der Waals surface area contributed by atoms with Gasteiger partial charge in [-0.05, 0) is 19.1 Å². The fraction of sp³-hybridized carbons (Fsp3) is 0.188. The van der Waals surface area contributed by atoms with Gasteiger partial charge in [0.2, 0.25) is 5.13 Å². The highest BCUT2D eigenvalue weighted by atomic mass is 35.5. The summed E-state index contributed by atoms with van der Waals surface area (Å²) in [5.74, 6) is 0.294. The van der Waals surface area contributed by atoms with Crippen LogP contribution in [0.3, 0.4) is 0 Å².